The van der Waals surface area contributed by atoms with E-state index in [1.165, 1.54) is 28.1 Å². The number of pyridine rings is 1. The van der Waals surface area contributed by atoms with Crippen molar-refractivity contribution in [3.63, 3.8) is 0 Å². The van der Waals surface area contributed by atoms with Crippen LogP contribution in [0.3, 0.4) is 0 Å². The summed E-state index contributed by atoms with van der Waals surface area (Å²) in [6.07, 6.45) is 4.43. The molecule has 2 aliphatic heterocycles. The molecule has 2 atom stereocenters. The Morgan fingerprint density at radius 3 is 2.65 bits per heavy atom. The van der Waals surface area contributed by atoms with Gasteiger partial charge in [-0.1, -0.05) is 13.0 Å². The van der Waals surface area contributed by atoms with Crippen molar-refractivity contribution in [1.29, 1.82) is 0 Å². The van der Waals surface area contributed by atoms with Gasteiger partial charge in [0, 0.05) is 59.4 Å². The van der Waals surface area contributed by atoms with Gasteiger partial charge >= 0.3 is 0 Å². The van der Waals surface area contributed by atoms with Gasteiger partial charge in [-0.2, -0.15) is 0 Å². The van der Waals surface area contributed by atoms with Crippen LogP contribution in [0.4, 0.5) is 5.82 Å². The van der Waals surface area contributed by atoms with Crippen LogP contribution >= 0.6 is 34.2 Å². The summed E-state index contributed by atoms with van der Waals surface area (Å²) >= 11 is 4.27. The maximum Gasteiger partial charge on any atom is 0.254 e. The molecule has 0 spiro atoms. The van der Waals surface area contributed by atoms with E-state index in [2.05, 4.69) is 61.0 Å². The normalized spacial score (nSPS) is 21.6. The number of aromatic nitrogens is 2. The first-order chi connectivity index (χ1) is 17.9. The number of nitrogens with two attached hydrogens (primary N) is 1. The molecule has 1 amide bonds. The zero-order chi connectivity index (χ0) is 25.7. The molecule has 0 radical (unpaired) electrons. The summed E-state index contributed by atoms with van der Waals surface area (Å²) in [5, 5.41) is 2.21. The monoisotopic (exact) mass is 625 g/mol. The highest BCUT2D eigenvalue weighted by atomic mass is 127. The predicted octanol–water partition coefficient (Wildman–Crippen LogP) is 6.88. The number of hydrogen-bond acceptors (Lipinski definition) is 6. The number of carbonyl (C=O) groups excluding carboxylic acids is 1. The lowest BCUT2D eigenvalue weighted by molar-refractivity contribution is 0.0545. The first kappa shape index (κ1) is 25.0. The molecule has 0 saturated carbocycles. The van der Waals surface area contributed by atoms with E-state index < -0.39 is 0 Å². The lowest BCUT2D eigenvalue weighted by Gasteiger charge is -2.39. The quantitative estimate of drug-likeness (QED) is 0.199. The number of thiazole rings is 1. The van der Waals surface area contributed by atoms with Crippen LogP contribution in [0.2, 0.25) is 0 Å². The summed E-state index contributed by atoms with van der Waals surface area (Å²) in [5.41, 5.74) is 10.7. The molecule has 2 aromatic carbocycles. The van der Waals surface area contributed by atoms with Crippen molar-refractivity contribution in [1.82, 2.24) is 18.0 Å². The van der Waals surface area contributed by atoms with E-state index in [1.54, 1.807) is 0 Å². The smallest absolute Gasteiger partial charge is 0.254 e. The lowest BCUT2D eigenvalue weighted by Crippen LogP contribution is -2.41. The molecule has 6 nitrogen and oxygen atoms in total. The fraction of sp³-hybridized carbons (Fsp3) is 0.414. The molecule has 2 aromatic heterocycles. The van der Waals surface area contributed by atoms with Gasteiger partial charge in [0.05, 0.1) is 26.8 Å². The maximum atomic E-state index is 13.9. The Morgan fingerprint density at radius 1 is 1.03 bits per heavy atom. The lowest BCUT2D eigenvalue weighted by atomic mass is 9.89. The molecule has 6 rings (SSSR count). The molecular formula is C29H32IN5OS. The molecule has 4 heterocycles. The number of benzene rings is 2. The minimum Gasteiger partial charge on any atom is -0.383 e. The van der Waals surface area contributed by atoms with E-state index in [-0.39, 0.29) is 11.9 Å². The number of fused-ring (bicyclic) bond motifs is 2. The SMILES string of the molecule is Cc1cc2cc(C(=O)N3C[C@@H](C)CC[C@@H]3c3ccc4sc(C5CCN(I)CC5)nc4c3)ccc2nc1N. The molecule has 37 heavy (non-hydrogen) atoms. The molecule has 0 unspecified atom stereocenters. The Hall–Kier alpha value is -2.30. The highest BCUT2D eigenvalue weighted by molar-refractivity contribution is 14.1. The zero-order valence-electron chi connectivity index (χ0n) is 21.3. The minimum atomic E-state index is 0.0579. The van der Waals surface area contributed by atoms with Crippen molar-refractivity contribution in [3.8, 4) is 0 Å². The minimum absolute atomic E-state index is 0.0579. The Balaban J connectivity index is 1.30. The number of nitrogens with zero attached hydrogens (tertiary/aromatic N) is 4. The molecule has 2 fully saturated rings. The first-order valence-electron chi connectivity index (χ1n) is 13.1. The van der Waals surface area contributed by atoms with Crippen molar-refractivity contribution < 1.29 is 4.79 Å². The van der Waals surface area contributed by atoms with Crippen LogP contribution in [0.5, 0.6) is 0 Å². The molecule has 0 aliphatic carbocycles. The number of aryl methyl sites for hydroxylation is 1. The van der Waals surface area contributed by atoms with Crippen LogP contribution < -0.4 is 5.73 Å². The fourth-order valence-electron chi connectivity index (χ4n) is 5.76. The largest absolute Gasteiger partial charge is 0.383 e. The Kier molecular flexibility index (Phi) is 6.83. The molecule has 8 heteroatoms. The number of rotatable bonds is 3. The van der Waals surface area contributed by atoms with E-state index in [0.717, 1.165) is 54.5 Å². The molecule has 0 bridgehead atoms. The van der Waals surface area contributed by atoms with Crippen LogP contribution in [0.1, 0.15) is 71.1 Å². The van der Waals surface area contributed by atoms with Crippen LogP contribution in [0, 0.1) is 12.8 Å². The van der Waals surface area contributed by atoms with Gasteiger partial charge in [-0.15, -0.1) is 11.3 Å². The van der Waals surface area contributed by atoms with Gasteiger partial charge in [0.2, 0.25) is 0 Å². The van der Waals surface area contributed by atoms with Gasteiger partial charge < -0.3 is 10.6 Å². The first-order valence-corrected chi connectivity index (χ1v) is 14.9. The number of carbonyl (C=O) groups is 1. The van der Waals surface area contributed by atoms with Crippen LogP contribution in [-0.4, -0.2) is 43.5 Å². The van der Waals surface area contributed by atoms with Crippen LogP contribution in [-0.2, 0) is 0 Å². The standard InChI is InChI=1S/C29H32IN5OS/c1-17-3-7-25(20-5-8-26-24(15-20)33-28(37-26)19-9-11-34(30)12-10-19)35(16-17)29(36)21-4-6-23-22(14-21)13-18(2)27(31)32-23/h4-6,8,13-15,17,19,25H,3,7,9-12,16H2,1-2H3,(H2,31,32)/t17-,25+/m0/s1. The average Bonchev–Trinajstić information content (AvgIpc) is 3.32. The van der Waals surface area contributed by atoms with Gasteiger partial charge in [-0.3, -0.25) is 4.79 Å². The van der Waals surface area contributed by atoms with Gasteiger partial charge in [-0.25, -0.2) is 13.1 Å². The average molecular weight is 626 g/mol. The summed E-state index contributed by atoms with van der Waals surface area (Å²) in [6, 6.07) is 14.5. The predicted molar refractivity (Wildman–Crippen MR) is 160 cm³/mol. The number of piperidine rings is 2. The molecule has 2 aliphatic rings. The summed E-state index contributed by atoms with van der Waals surface area (Å²) in [7, 11) is 0. The molecule has 192 valence electrons. The third-order valence-corrected chi connectivity index (χ3v) is 10.1. The third-order valence-electron chi connectivity index (χ3n) is 7.97. The second-order valence-electron chi connectivity index (χ2n) is 10.7. The second-order valence-corrected chi connectivity index (χ2v) is 13.1. The van der Waals surface area contributed by atoms with Crippen molar-refractivity contribution >= 4 is 67.0 Å². The molecule has 2 N–H and O–H groups in total. The zero-order valence-corrected chi connectivity index (χ0v) is 24.3. The van der Waals surface area contributed by atoms with Gasteiger partial charge in [0.15, 0.2) is 0 Å². The van der Waals surface area contributed by atoms with Crippen LogP contribution in [0.25, 0.3) is 21.1 Å². The number of anilines is 1. The van der Waals surface area contributed by atoms with E-state index in [9.17, 15) is 4.79 Å². The number of halogens is 1. The number of nitrogen functional groups attached to an aromatic ring is 1. The van der Waals surface area contributed by atoms with Crippen molar-refractivity contribution in [3.05, 3.63) is 64.2 Å². The topological polar surface area (TPSA) is 75.4 Å². The van der Waals surface area contributed by atoms with Gasteiger partial charge in [0.25, 0.3) is 5.91 Å². The maximum absolute atomic E-state index is 13.9. The molecule has 2 saturated heterocycles. The van der Waals surface area contributed by atoms with E-state index in [4.69, 9.17) is 10.7 Å². The van der Waals surface area contributed by atoms with Crippen molar-refractivity contribution in [2.75, 3.05) is 25.4 Å². The summed E-state index contributed by atoms with van der Waals surface area (Å²) in [6.45, 7) is 7.20. The fourth-order valence-corrected chi connectivity index (χ4v) is 7.43. The highest BCUT2D eigenvalue weighted by Gasteiger charge is 2.32. The van der Waals surface area contributed by atoms with E-state index >= 15 is 0 Å². The molecule has 4 aromatic rings. The van der Waals surface area contributed by atoms with Crippen molar-refractivity contribution in [2.45, 2.75) is 51.5 Å². The second kappa shape index (κ2) is 10.1. The number of amides is 1. The van der Waals surface area contributed by atoms with Gasteiger partial charge in [-0.05, 0) is 86.1 Å². The summed E-state index contributed by atoms with van der Waals surface area (Å²) in [4.78, 5) is 25.5. The van der Waals surface area contributed by atoms with Crippen LogP contribution in [0.15, 0.2) is 42.5 Å². The Morgan fingerprint density at radius 2 is 1.84 bits per heavy atom. The Bertz CT molecular complexity index is 1480. The summed E-state index contributed by atoms with van der Waals surface area (Å²) < 4.78 is 3.62. The third kappa shape index (κ3) is 4.95. The summed E-state index contributed by atoms with van der Waals surface area (Å²) in [5.74, 6) is 1.65. The number of hydrogen-bond donors (Lipinski definition) is 1. The van der Waals surface area contributed by atoms with E-state index in [1.807, 2.05) is 42.5 Å². The molecular weight excluding hydrogens is 593 g/mol. The Labute approximate surface area is 235 Å². The van der Waals surface area contributed by atoms with Gasteiger partial charge in [0.1, 0.15) is 5.82 Å². The highest BCUT2D eigenvalue weighted by Crippen LogP contribution is 2.39. The number of likely N-dealkylation sites (tertiary alicyclic amines) is 1. The van der Waals surface area contributed by atoms with E-state index in [0.29, 0.717) is 23.2 Å². The van der Waals surface area contributed by atoms with Crippen molar-refractivity contribution in [2.24, 2.45) is 5.92 Å².